The van der Waals surface area contributed by atoms with E-state index >= 15 is 0 Å². The van der Waals surface area contributed by atoms with E-state index in [1.807, 2.05) is 0 Å². The molecule has 0 N–H and O–H groups in total. The molecule has 1 atom stereocenters. The average Bonchev–Trinajstić information content (AvgIpc) is 3.00. The summed E-state index contributed by atoms with van der Waals surface area (Å²) in [5.74, 6) is -0.291. The number of hydrogen-bond donors (Lipinski definition) is 0. The highest BCUT2D eigenvalue weighted by Crippen LogP contribution is 2.33. The molecule has 1 aliphatic heterocycles. The molecule has 0 saturated heterocycles. The molecule has 0 aliphatic carbocycles. The van der Waals surface area contributed by atoms with Gasteiger partial charge in [0.1, 0.15) is 11.6 Å². The molecule has 6 heteroatoms. The van der Waals surface area contributed by atoms with Gasteiger partial charge in [-0.05, 0) is 25.0 Å². The molecule has 0 spiro atoms. The number of aryl methyl sites for hydroxylation is 1. The molecule has 20 heavy (non-hydrogen) atoms. The van der Waals surface area contributed by atoms with Gasteiger partial charge in [0.05, 0.1) is 6.61 Å². The first-order valence-corrected chi connectivity index (χ1v) is 6.57. The zero-order chi connectivity index (χ0) is 14.1. The van der Waals surface area contributed by atoms with Crippen LogP contribution in [0.2, 0.25) is 0 Å². The van der Waals surface area contributed by atoms with Crippen molar-refractivity contribution in [1.82, 2.24) is 14.8 Å². The Labute approximate surface area is 115 Å². The van der Waals surface area contributed by atoms with Crippen LogP contribution in [0.5, 0.6) is 0 Å². The molecule has 2 aromatic rings. The average molecular weight is 275 g/mol. The normalized spacial score (nSPS) is 17.0. The molecule has 3 rings (SSSR count). The number of rotatable bonds is 3. The first-order chi connectivity index (χ1) is 9.70. The quantitative estimate of drug-likeness (QED) is 0.805. The zero-order valence-electron chi connectivity index (χ0n) is 11.0. The van der Waals surface area contributed by atoms with Crippen molar-refractivity contribution in [3.63, 3.8) is 0 Å². The molecule has 0 bridgehead atoms. The standard InChI is InChI=1S/C14H14FN3O2/c1-2-20-14(19)12-16-13-10(7-8-18(13)17-12)9-5-3-4-6-11(9)15/h3-6,10H,2,7-8H2,1H3. The van der Waals surface area contributed by atoms with Crippen molar-refractivity contribution in [2.45, 2.75) is 25.8 Å². The minimum Gasteiger partial charge on any atom is -0.460 e. The van der Waals surface area contributed by atoms with Gasteiger partial charge >= 0.3 is 5.97 Å². The largest absolute Gasteiger partial charge is 0.460 e. The van der Waals surface area contributed by atoms with Crippen LogP contribution in [0.3, 0.4) is 0 Å². The Morgan fingerprint density at radius 3 is 3.05 bits per heavy atom. The Balaban J connectivity index is 1.94. The van der Waals surface area contributed by atoms with Crippen molar-refractivity contribution in [3.8, 4) is 0 Å². The third-order valence-electron chi connectivity index (χ3n) is 3.38. The van der Waals surface area contributed by atoms with Gasteiger partial charge in [-0.3, -0.25) is 0 Å². The summed E-state index contributed by atoms with van der Waals surface area (Å²) in [5, 5.41) is 4.12. The molecular weight excluding hydrogens is 261 g/mol. The van der Waals surface area contributed by atoms with E-state index in [2.05, 4.69) is 10.1 Å². The minimum atomic E-state index is -0.540. The SMILES string of the molecule is CCOC(=O)c1nc2n(n1)CCC2c1ccccc1F. The van der Waals surface area contributed by atoms with Crippen molar-refractivity contribution in [3.05, 3.63) is 47.3 Å². The molecule has 1 aromatic carbocycles. The fourth-order valence-electron chi connectivity index (χ4n) is 2.49. The highest BCUT2D eigenvalue weighted by atomic mass is 19.1. The Bertz CT molecular complexity index is 654. The maximum atomic E-state index is 13.9. The lowest BCUT2D eigenvalue weighted by Gasteiger charge is -2.09. The Hall–Kier alpha value is -2.24. The van der Waals surface area contributed by atoms with Gasteiger partial charge in [0.15, 0.2) is 0 Å². The van der Waals surface area contributed by atoms with Crippen LogP contribution < -0.4 is 0 Å². The summed E-state index contributed by atoms with van der Waals surface area (Å²) in [6, 6.07) is 6.63. The van der Waals surface area contributed by atoms with Gasteiger partial charge in [-0.1, -0.05) is 18.2 Å². The fourth-order valence-corrected chi connectivity index (χ4v) is 2.49. The van der Waals surface area contributed by atoms with E-state index < -0.39 is 5.97 Å². The van der Waals surface area contributed by atoms with Gasteiger partial charge in [0.2, 0.25) is 0 Å². The smallest absolute Gasteiger partial charge is 0.378 e. The first kappa shape index (κ1) is 12.8. The molecule has 0 saturated carbocycles. The summed E-state index contributed by atoms with van der Waals surface area (Å²) in [7, 11) is 0. The van der Waals surface area contributed by atoms with E-state index in [9.17, 15) is 9.18 Å². The number of esters is 1. The predicted molar refractivity (Wildman–Crippen MR) is 68.8 cm³/mol. The summed E-state index contributed by atoms with van der Waals surface area (Å²) in [6.45, 7) is 2.63. The van der Waals surface area contributed by atoms with E-state index in [0.717, 1.165) is 6.42 Å². The zero-order valence-corrected chi connectivity index (χ0v) is 11.0. The molecule has 1 unspecified atom stereocenters. The highest BCUT2D eigenvalue weighted by Gasteiger charge is 2.31. The third kappa shape index (κ3) is 2.07. The summed E-state index contributed by atoms with van der Waals surface area (Å²) in [6.07, 6.45) is 0.735. The van der Waals surface area contributed by atoms with Gasteiger partial charge in [-0.2, -0.15) is 0 Å². The Morgan fingerprint density at radius 1 is 1.50 bits per heavy atom. The number of ether oxygens (including phenoxy) is 1. The molecule has 1 aromatic heterocycles. The molecule has 0 fully saturated rings. The number of halogens is 1. The summed E-state index contributed by atoms with van der Waals surface area (Å²) < 4.78 is 20.4. The maximum Gasteiger partial charge on any atom is 0.378 e. The second-order valence-corrected chi connectivity index (χ2v) is 4.60. The number of fused-ring (bicyclic) bond motifs is 1. The second-order valence-electron chi connectivity index (χ2n) is 4.60. The number of carbonyl (C=O) groups is 1. The lowest BCUT2D eigenvalue weighted by atomic mass is 9.97. The van der Waals surface area contributed by atoms with E-state index in [1.54, 1.807) is 29.8 Å². The summed E-state index contributed by atoms with van der Waals surface area (Å²) in [5.41, 5.74) is 0.592. The molecule has 104 valence electrons. The first-order valence-electron chi connectivity index (χ1n) is 6.57. The number of benzene rings is 1. The number of carbonyl (C=O) groups excluding carboxylic acids is 1. The van der Waals surface area contributed by atoms with Crippen LogP contribution in [0.25, 0.3) is 0 Å². The molecule has 2 heterocycles. The molecule has 0 radical (unpaired) electrons. The van der Waals surface area contributed by atoms with Crippen LogP contribution in [-0.4, -0.2) is 27.3 Å². The second kappa shape index (κ2) is 5.03. The van der Waals surface area contributed by atoms with Crippen LogP contribution in [0.4, 0.5) is 4.39 Å². The lowest BCUT2D eigenvalue weighted by Crippen LogP contribution is -2.08. The van der Waals surface area contributed by atoms with Gasteiger partial charge in [-0.25, -0.2) is 18.9 Å². The van der Waals surface area contributed by atoms with Crippen LogP contribution in [-0.2, 0) is 11.3 Å². The van der Waals surface area contributed by atoms with E-state index in [-0.39, 0.29) is 24.2 Å². The summed E-state index contributed by atoms with van der Waals surface area (Å²) in [4.78, 5) is 15.8. The topological polar surface area (TPSA) is 57.0 Å². The van der Waals surface area contributed by atoms with Gasteiger partial charge in [0, 0.05) is 12.5 Å². The molecule has 0 amide bonds. The highest BCUT2D eigenvalue weighted by molar-refractivity contribution is 5.85. The van der Waals surface area contributed by atoms with Gasteiger partial charge in [0.25, 0.3) is 5.82 Å². The molecule has 5 nitrogen and oxygen atoms in total. The van der Waals surface area contributed by atoms with Crippen molar-refractivity contribution < 1.29 is 13.9 Å². The van der Waals surface area contributed by atoms with Crippen molar-refractivity contribution >= 4 is 5.97 Å². The van der Waals surface area contributed by atoms with Crippen molar-refractivity contribution in [2.24, 2.45) is 0 Å². The van der Waals surface area contributed by atoms with E-state index in [0.29, 0.717) is 17.9 Å². The van der Waals surface area contributed by atoms with Crippen molar-refractivity contribution in [2.75, 3.05) is 6.61 Å². The van der Waals surface area contributed by atoms with Crippen LogP contribution in [0, 0.1) is 5.82 Å². The van der Waals surface area contributed by atoms with E-state index in [1.165, 1.54) is 6.07 Å². The monoisotopic (exact) mass is 275 g/mol. The number of hydrogen-bond acceptors (Lipinski definition) is 4. The summed E-state index contributed by atoms with van der Waals surface area (Å²) >= 11 is 0. The van der Waals surface area contributed by atoms with Crippen LogP contribution in [0.1, 0.15) is 41.3 Å². The Morgan fingerprint density at radius 2 is 2.30 bits per heavy atom. The lowest BCUT2D eigenvalue weighted by molar-refractivity contribution is 0.0511. The van der Waals surface area contributed by atoms with E-state index in [4.69, 9.17) is 4.74 Å². The minimum absolute atomic E-state index is 0.0443. The molecule has 1 aliphatic rings. The number of aromatic nitrogens is 3. The van der Waals surface area contributed by atoms with Crippen molar-refractivity contribution in [1.29, 1.82) is 0 Å². The van der Waals surface area contributed by atoms with Gasteiger partial charge in [-0.15, -0.1) is 5.10 Å². The predicted octanol–water partition coefficient (Wildman–Crippen LogP) is 2.13. The van der Waals surface area contributed by atoms with Crippen LogP contribution >= 0.6 is 0 Å². The third-order valence-corrected chi connectivity index (χ3v) is 3.38. The number of nitrogens with zero attached hydrogens (tertiary/aromatic N) is 3. The fraction of sp³-hybridized carbons (Fsp3) is 0.357. The van der Waals surface area contributed by atoms with Crippen LogP contribution in [0.15, 0.2) is 24.3 Å². The van der Waals surface area contributed by atoms with Gasteiger partial charge < -0.3 is 4.74 Å². The maximum absolute atomic E-state index is 13.9. The Kier molecular flexibility index (Phi) is 3.22. The molecular formula is C14H14FN3O2.